The number of hydrogen-bond acceptors (Lipinski definition) is 5. The van der Waals surface area contributed by atoms with Crippen LogP contribution < -0.4 is 4.72 Å². The van der Waals surface area contributed by atoms with Crippen LogP contribution in [0.3, 0.4) is 0 Å². The molecular weight excluding hydrogens is 392 g/mol. The lowest BCUT2D eigenvalue weighted by Gasteiger charge is -2.06. The summed E-state index contributed by atoms with van der Waals surface area (Å²) in [7, 11) is -4.13. The van der Waals surface area contributed by atoms with Gasteiger partial charge in [-0.1, -0.05) is 34.4 Å². The number of nitrogens with one attached hydrogen (secondary N) is 1. The Bertz CT molecular complexity index is 1010. The normalized spacial score (nSPS) is 11.6. The van der Waals surface area contributed by atoms with Gasteiger partial charge in [0.25, 0.3) is 0 Å². The molecule has 130 valence electrons. The maximum Gasteiger partial charge on any atom is 0.244 e. The van der Waals surface area contributed by atoms with Gasteiger partial charge in [0.2, 0.25) is 21.7 Å². The van der Waals surface area contributed by atoms with Crippen LogP contribution in [0.15, 0.2) is 51.9 Å². The predicted molar refractivity (Wildman–Crippen MR) is 90.2 cm³/mol. The highest BCUT2D eigenvalue weighted by Gasteiger charge is 2.21. The van der Waals surface area contributed by atoms with E-state index in [1.54, 1.807) is 24.3 Å². The molecule has 1 N–H and O–H groups in total. The molecule has 0 bridgehead atoms. The Morgan fingerprint density at radius 2 is 1.84 bits per heavy atom. The zero-order chi connectivity index (χ0) is 18.0. The quantitative estimate of drug-likeness (QED) is 0.704. The maximum atomic E-state index is 13.9. The number of nitrogens with zero attached hydrogens (tertiary/aromatic N) is 2. The molecule has 0 unspecified atom stereocenters. The number of benzene rings is 2. The molecule has 0 aliphatic carbocycles. The fourth-order valence-corrected chi connectivity index (χ4v) is 3.40. The highest BCUT2D eigenvalue weighted by molar-refractivity contribution is 7.89. The lowest BCUT2D eigenvalue weighted by molar-refractivity contribution is 0.375. The second-order valence-corrected chi connectivity index (χ2v) is 7.47. The molecule has 0 atom stereocenters. The van der Waals surface area contributed by atoms with Crippen molar-refractivity contribution in [3.8, 4) is 11.4 Å². The standard InChI is InChI=1S/C15H10Cl2FN3O3S/c16-10-6-4-9(5-7-10)15-20-13(24-21-15)8-19-25(22,23)12-3-1-2-11(17)14(12)18/h1-7,19H,8H2. The monoisotopic (exact) mass is 401 g/mol. The fraction of sp³-hybridized carbons (Fsp3) is 0.0667. The van der Waals surface area contributed by atoms with Gasteiger partial charge in [0.05, 0.1) is 11.6 Å². The molecule has 2 aromatic carbocycles. The zero-order valence-electron chi connectivity index (χ0n) is 12.4. The molecule has 0 aliphatic heterocycles. The first kappa shape index (κ1) is 17.8. The second kappa shape index (κ2) is 7.09. The summed E-state index contributed by atoms with van der Waals surface area (Å²) < 4.78 is 45.4. The highest BCUT2D eigenvalue weighted by atomic mass is 35.5. The molecule has 0 saturated carbocycles. The van der Waals surface area contributed by atoms with Crippen molar-refractivity contribution in [3.05, 3.63) is 64.2 Å². The summed E-state index contributed by atoms with van der Waals surface area (Å²) in [6.45, 7) is -0.297. The van der Waals surface area contributed by atoms with Crippen molar-refractivity contribution in [2.75, 3.05) is 0 Å². The van der Waals surface area contributed by atoms with E-state index in [0.717, 1.165) is 6.07 Å². The summed E-state index contributed by atoms with van der Waals surface area (Å²) in [5, 5.41) is 4.03. The lowest BCUT2D eigenvalue weighted by Crippen LogP contribution is -2.24. The summed E-state index contributed by atoms with van der Waals surface area (Å²) in [4.78, 5) is 3.52. The Morgan fingerprint density at radius 1 is 1.12 bits per heavy atom. The van der Waals surface area contributed by atoms with Crippen LogP contribution in [-0.4, -0.2) is 18.6 Å². The van der Waals surface area contributed by atoms with Crippen molar-refractivity contribution in [1.29, 1.82) is 0 Å². The number of hydrogen-bond donors (Lipinski definition) is 1. The minimum Gasteiger partial charge on any atom is -0.338 e. The van der Waals surface area contributed by atoms with E-state index in [9.17, 15) is 12.8 Å². The predicted octanol–water partition coefficient (Wildman–Crippen LogP) is 3.66. The lowest BCUT2D eigenvalue weighted by atomic mass is 10.2. The molecule has 3 rings (SSSR count). The smallest absolute Gasteiger partial charge is 0.244 e. The zero-order valence-corrected chi connectivity index (χ0v) is 14.7. The van der Waals surface area contributed by atoms with E-state index in [2.05, 4.69) is 14.9 Å². The van der Waals surface area contributed by atoms with Gasteiger partial charge in [-0.3, -0.25) is 0 Å². The van der Waals surface area contributed by atoms with Gasteiger partial charge in [-0.15, -0.1) is 0 Å². The van der Waals surface area contributed by atoms with Crippen LogP contribution in [0, 0.1) is 5.82 Å². The molecule has 0 radical (unpaired) electrons. The first-order chi connectivity index (χ1) is 11.9. The molecule has 25 heavy (non-hydrogen) atoms. The van der Waals surface area contributed by atoms with E-state index >= 15 is 0 Å². The Labute approximate surface area is 152 Å². The van der Waals surface area contributed by atoms with Crippen molar-refractivity contribution in [1.82, 2.24) is 14.9 Å². The molecule has 6 nitrogen and oxygen atoms in total. The fourth-order valence-electron chi connectivity index (χ4n) is 1.97. The molecule has 3 aromatic rings. The molecule has 0 fully saturated rings. The largest absolute Gasteiger partial charge is 0.338 e. The van der Waals surface area contributed by atoms with E-state index in [4.69, 9.17) is 27.7 Å². The Morgan fingerprint density at radius 3 is 2.56 bits per heavy atom. The molecule has 0 spiro atoms. The van der Waals surface area contributed by atoms with Crippen molar-refractivity contribution >= 4 is 33.2 Å². The van der Waals surface area contributed by atoms with Crippen molar-refractivity contribution in [2.45, 2.75) is 11.4 Å². The van der Waals surface area contributed by atoms with Gasteiger partial charge in [-0.25, -0.2) is 17.5 Å². The van der Waals surface area contributed by atoms with Crippen molar-refractivity contribution in [2.24, 2.45) is 0 Å². The summed E-state index contributed by atoms with van der Waals surface area (Å²) >= 11 is 11.4. The van der Waals surface area contributed by atoms with Crippen LogP contribution in [0.2, 0.25) is 10.0 Å². The maximum absolute atomic E-state index is 13.9. The Balaban J connectivity index is 1.75. The molecule has 0 amide bonds. The number of sulfonamides is 1. The number of halogens is 3. The molecule has 1 heterocycles. The van der Waals surface area contributed by atoms with Gasteiger partial charge in [-0.2, -0.15) is 4.98 Å². The average molecular weight is 402 g/mol. The van der Waals surface area contributed by atoms with Gasteiger partial charge in [-0.05, 0) is 36.4 Å². The molecule has 1 aromatic heterocycles. The van der Waals surface area contributed by atoms with Crippen molar-refractivity contribution < 1.29 is 17.3 Å². The van der Waals surface area contributed by atoms with Crippen LogP contribution in [0.5, 0.6) is 0 Å². The SMILES string of the molecule is O=S(=O)(NCc1nc(-c2ccc(Cl)cc2)no1)c1cccc(Cl)c1F. The van der Waals surface area contributed by atoms with Crippen molar-refractivity contribution in [3.63, 3.8) is 0 Å². The molecule has 0 saturated heterocycles. The Kier molecular flexibility index (Phi) is 5.05. The van der Waals surface area contributed by atoms with Crippen LogP contribution in [0.25, 0.3) is 11.4 Å². The average Bonchev–Trinajstić information content (AvgIpc) is 3.05. The molecule has 10 heteroatoms. The summed E-state index contributed by atoms with van der Waals surface area (Å²) in [5.41, 5.74) is 0.656. The van der Waals surface area contributed by atoms with Gasteiger partial charge < -0.3 is 4.52 Å². The first-order valence-electron chi connectivity index (χ1n) is 6.89. The number of rotatable bonds is 5. The minimum atomic E-state index is -4.13. The highest BCUT2D eigenvalue weighted by Crippen LogP contribution is 2.22. The third-order valence-electron chi connectivity index (χ3n) is 3.19. The summed E-state index contributed by atoms with van der Waals surface area (Å²) in [6, 6.07) is 10.4. The van der Waals surface area contributed by atoms with E-state index in [-0.39, 0.29) is 23.3 Å². The molecule has 0 aliphatic rings. The van der Waals surface area contributed by atoms with E-state index in [0.29, 0.717) is 10.6 Å². The van der Waals surface area contributed by atoms with E-state index in [1.165, 1.54) is 12.1 Å². The third-order valence-corrected chi connectivity index (χ3v) is 5.15. The third kappa shape index (κ3) is 3.98. The van der Waals surface area contributed by atoms with E-state index < -0.39 is 20.7 Å². The Hall–Kier alpha value is -2.00. The van der Waals surface area contributed by atoms with Gasteiger partial charge in [0, 0.05) is 10.6 Å². The summed E-state index contributed by atoms with van der Waals surface area (Å²) in [6.07, 6.45) is 0. The van der Waals surface area contributed by atoms with Crippen LogP contribution in [-0.2, 0) is 16.6 Å². The minimum absolute atomic E-state index is 0.0240. The molecular formula is C15H10Cl2FN3O3S. The summed E-state index contributed by atoms with van der Waals surface area (Å²) in [5.74, 6) is -0.722. The van der Waals surface area contributed by atoms with Crippen LogP contribution >= 0.6 is 23.2 Å². The van der Waals surface area contributed by atoms with Crippen LogP contribution in [0.1, 0.15) is 5.89 Å². The number of aromatic nitrogens is 2. The topological polar surface area (TPSA) is 85.1 Å². The second-order valence-electron chi connectivity index (χ2n) is 4.90. The van der Waals surface area contributed by atoms with Gasteiger partial charge in [0.15, 0.2) is 5.82 Å². The van der Waals surface area contributed by atoms with Gasteiger partial charge in [0.1, 0.15) is 4.90 Å². The van der Waals surface area contributed by atoms with Crippen LogP contribution in [0.4, 0.5) is 4.39 Å². The van der Waals surface area contributed by atoms with E-state index in [1.807, 2.05) is 0 Å². The first-order valence-corrected chi connectivity index (χ1v) is 9.13. The van der Waals surface area contributed by atoms with Gasteiger partial charge >= 0.3 is 0 Å².